The fourth-order valence-electron chi connectivity index (χ4n) is 2.17. The smallest absolute Gasteiger partial charge is 0.255 e. The number of hydrogen-bond acceptors (Lipinski definition) is 2. The number of anilines is 1. The predicted molar refractivity (Wildman–Crippen MR) is 81.8 cm³/mol. The Bertz CT molecular complexity index is 447. The molecule has 0 aliphatic carbocycles. The molecule has 0 aliphatic rings. The van der Waals surface area contributed by atoms with Gasteiger partial charge >= 0.3 is 0 Å². The number of nitrogens with zero attached hydrogens (tertiary/aromatic N) is 1. The molecule has 1 aromatic rings. The highest BCUT2D eigenvalue weighted by Crippen LogP contribution is 2.21. The van der Waals surface area contributed by atoms with Crippen LogP contribution in [-0.4, -0.2) is 30.9 Å². The average molecular weight is 262 g/mol. The van der Waals surface area contributed by atoms with Crippen molar-refractivity contribution in [2.75, 3.05) is 25.5 Å². The van der Waals surface area contributed by atoms with Gasteiger partial charge in [-0.2, -0.15) is 0 Å². The maximum Gasteiger partial charge on any atom is 0.255 e. The molecule has 0 atom stereocenters. The summed E-state index contributed by atoms with van der Waals surface area (Å²) in [6, 6.07) is 5.97. The molecule has 19 heavy (non-hydrogen) atoms. The largest absolute Gasteiger partial charge is 0.385 e. The third-order valence-electron chi connectivity index (χ3n) is 2.83. The van der Waals surface area contributed by atoms with Crippen molar-refractivity contribution in [2.24, 2.45) is 5.41 Å². The lowest BCUT2D eigenvalue weighted by Crippen LogP contribution is -2.34. The lowest BCUT2D eigenvalue weighted by atomic mass is 9.96. The van der Waals surface area contributed by atoms with Crippen LogP contribution in [0, 0.1) is 12.3 Å². The monoisotopic (exact) mass is 262 g/mol. The molecule has 0 saturated heterocycles. The summed E-state index contributed by atoms with van der Waals surface area (Å²) in [5, 5.41) is 3.25. The van der Waals surface area contributed by atoms with Crippen molar-refractivity contribution in [3.63, 3.8) is 0 Å². The number of amides is 1. The van der Waals surface area contributed by atoms with E-state index in [2.05, 4.69) is 26.1 Å². The lowest BCUT2D eigenvalue weighted by Gasteiger charge is -2.27. The zero-order valence-electron chi connectivity index (χ0n) is 13.0. The molecule has 0 fully saturated rings. The van der Waals surface area contributed by atoms with E-state index in [1.807, 2.05) is 39.1 Å². The van der Waals surface area contributed by atoms with Crippen molar-refractivity contribution in [1.82, 2.24) is 4.90 Å². The van der Waals surface area contributed by atoms with E-state index >= 15 is 0 Å². The molecule has 0 bridgehead atoms. The first-order valence-electron chi connectivity index (χ1n) is 6.84. The Morgan fingerprint density at radius 3 is 2.47 bits per heavy atom. The third kappa shape index (κ3) is 4.58. The first-order chi connectivity index (χ1) is 8.74. The predicted octanol–water partition coefficient (Wildman–Crippen LogP) is 3.54. The van der Waals surface area contributed by atoms with Crippen LogP contribution < -0.4 is 5.32 Å². The Morgan fingerprint density at radius 2 is 1.95 bits per heavy atom. The first kappa shape index (κ1) is 15.5. The topological polar surface area (TPSA) is 32.3 Å². The van der Waals surface area contributed by atoms with E-state index in [-0.39, 0.29) is 11.3 Å². The average Bonchev–Trinajstić information content (AvgIpc) is 2.28. The number of hydrogen-bond donors (Lipinski definition) is 1. The SMILES string of the molecule is CCNc1ccc(C)cc1C(=O)N(C)CC(C)(C)C. The summed E-state index contributed by atoms with van der Waals surface area (Å²) in [6.07, 6.45) is 0. The summed E-state index contributed by atoms with van der Waals surface area (Å²) in [4.78, 5) is 14.4. The fraction of sp³-hybridized carbons (Fsp3) is 0.562. The van der Waals surface area contributed by atoms with Gasteiger partial charge in [0.15, 0.2) is 0 Å². The Balaban J connectivity index is 3.00. The molecule has 1 amide bonds. The van der Waals surface area contributed by atoms with Crippen LogP contribution in [0.3, 0.4) is 0 Å². The van der Waals surface area contributed by atoms with Gasteiger partial charge in [0.25, 0.3) is 5.91 Å². The molecule has 0 heterocycles. The highest BCUT2D eigenvalue weighted by atomic mass is 16.2. The molecular weight excluding hydrogens is 236 g/mol. The molecule has 0 saturated carbocycles. The third-order valence-corrected chi connectivity index (χ3v) is 2.83. The molecule has 0 radical (unpaired) electrons. The van der Waals surface area contributed by atoms with Crippen molar-refractivity contribution in [3.05, 3.63) is 29.3 Å². The summed E-state index contributed by atoms with van der Waals surface area (Å²) in [6.45, 7) is 12.0. The molecule has 0 unspecified atom stereocenters. The van der Waals surface area contributed by atoms with Gasteiger partial charge in [-0.05, 0) is 31.4 Å². The second-order valence-electron chi connectivity index (χ2n) is 6.30. The van der Waals surface area contributed by atoms with Gasteiger partial charge in [0.1, 0.15) is 0 Å². The van der Waals surface area contributed by atoms with Gasteiger partial charge in [-0.1, -0.05) is 32.4 Å². The van der Waals surface area contributed by atoms with Crippen LogP contribution in [0.25, 0.3) is 0 Å². The Kier molecular flexibility index (Phi) is 4.98. The second-order valence-corrected chi connectivity index (χ2v) is 6.30. The van der Waals surface area contributed by atoms with Crippen molar-refractivity contribution in [2.45, 2.75) is 34.6 Å². The normalized spacial score (nSPS) is 11.3. The molecule has 1 aromatic carbocycles. The summed E-state index contributed by atoms with van der Waals surface area (Å²) in [5.74, 6) is 0.0783. The molecule has 0 aromatic heterocycles. The van der Waals surface area contributed by atoms with Crippen LogP contribution in [-0.2, 0) is 0 Å². The van der Waals surface area contributed by atoms with Crippen LogP contribution in [0.4, 0.5) is 5.69 Å². The second kappa shape index (κ2) is 6.09. The van der Waals surface area contributed by atoms with Crippen LogP contribution in [0.5, 0.6) is 0 Å². The number of carbonyl (C=O) groups is 1. The zero-order chi connectivity index (χ0) is 14.6. The Morgan fingerprint density at radius 1 is 1.32 bits per heavy atom. The molecular formula is C16H26N2O. The molecule has 1 rings (SSSR count). The van der Waals surface area contributed by atoms with Gasteiger partial charge in [-0.3, -0.25) is 4.79 Å². The Labute approximate surface area is 117 Å². The van der Waals surface area contributed by atoms with Crippen molar-refractivity contribution in [3.8, 4) is 0 Å². The minimum absolute atomic E-state index is 0.0783. The number of aryl methyl sites for hydroxylation is 1. The maximum atomic E-state index is 12.6. The van der Waals surface area contributed by atoms with E-state index in [9.17, 15) is 4.79 Å². The number of rotatable bonds is 4. The van der Waals surface area contributed by atoms with Gasteiger partial charge < -0.3 is 10.2 Å². The van der Waals surface area contributed by atoms with E-state index < -0.39 is 0 Å². The first-order valence-corrected chi connectivity index (χ1v) is 6.84. The zero-order valence-corrected chi connectivity index (χ0v) is 13.0. The summed E-state index contributed by atoms with van der Waals surface area (Å²) in [7, 11) is 1.87. The van der Waals surface area contributed by atoms with Crippen molar-refractivity contribution >= 4 is 11.6 Å². The lowest BCUT2D eigenvalue weighted by molar-refractivity contribution is 0.0746. The number of nitrogens with one attached hydrogen (secondary N) is 1. The van der Waals surface area contributed by atoms with Gasteiger partial charge in [-0.25, -0.2) is 0 Å². The minimum atomic E-state index is 0.0783. The highest BCUT2D eigenvalue weighted by molar-refractivity contribution is 5.99. The standard InChI is InChI=1S/C16H26N2O/c1-7-17-14-9-8-12(2)10-13(14)15(19)18(6)11-16(3,4)5/h8-10,17H,7,11H2,1-6H3. The highest BCUT2D eigenvalue weighted by Gasteiger charge is 2.20. The van der Waals surface area contributed by atoms with Gasteiger partial charge in [0, 0.05) is 25.8 Å². The number of carbonyl (C=O) groups excluding carboxylic acids is 1. The van der Waals surface area contributed by atoms with Crippen molar-refractivity contribution < 1.29 is 4.79 Å². The van der Waals surface area contributed by atoms with E-state index in [1.165, 1.54) is 0 Å². The van der Waals surface area contributed by atoms with E-state index in [0.717, 1.165) is 29.9 Å². The molecule has 3 heteroatoms. The van der Waals surface area contributed by atoms with Gasteiger partial charge in [0.2, 0.25) is 0 Å². The van der Waals surface area contributed by atoms with E-state index in [1.54, 1.807) is 4.90 Å². The van der Waals surface area contributed by atoms with Crippen molar-refractivity contribution in [1.29, 1.82) is 0 Å². The molecule has 3 nitrogen and oxygen atoms in total. The fourth-order valence-corrected chi connectivity index (χ4v) is 2.17. The van der Waals surface area contributed by atoms with Gasteiger partial charge in [0.05, 0.1) is 5.56 Å². The molecule has 106 valence electrons. The number of benzene rings is 1. The quantitative estimate of drug-likeness (QED) is 0.900. The Hall–Kier alpha value is -1.51. The van der Waals surface area contributed by atoms with E-state index in [4.69, 9.17) is 0 Å². The minimum Gasteiger partial charge on any atom is -0.385 e. The summed E-state index contributed by atoms with van der Waals surface area (Å²) < 4.78 is 0. The summed E-state index contributed by atoms with van der Waals surface area (Å²) >= 11 is 0. The van der Waals surface area contributed by atoms with Crippen LogP contribution >= 0.6 is 0 Å². The van der Waals surface area contributed by atoms with E-state index in [0.29, 0.717) is 0 Å². The molecule has 0 aliphatic heterocycles. The molecule has 0 spiro atoms. The van der Waals surface area contributed by atoms with Crippen LogP contribution in [0.15, 0.2) is 18.2 Å². The summed E-state index contributed by atoms with van der Waals surface area (Å²) in [5.41, 5.74) is 2.88. The van der Waals surface area contributed by atoms with Gasteiger partial charge in [-0.15, -0.1) is 0 Å². The van der Waals surface area contributed by atoms with Crippen LogP contribution in [0.1, 0.15) is 43.6 Å². The maximum absolute atomic E-state index is 12.6. The van der Waals surface area contributed by atoms with Crippen LogP contribution in [0.2, 0.25) is 0 Å². The molecule has 1 N–H and O–H groups in total.